The van der Waals surface area contributed by atoms with Gasteiger partial charge in [-0.3, -0.25) is 9.88 Å². The molecule has 0 spiro atoms. The van der Waals surface area contributed by atoms with E-state index in [4.69, 9.17) is 24.7 Å². The van der Waals surface area contributed by atoms with E-state index in [0.717, 1.165) is 44.7 Å². The number of methoxy groups -OCH3 is 2. The minimum Gasteiger partial charge on any atom is -0.495 e. The zero-order valence-corrected chi connectivity index (χ0v) is 21.9. The Morgan fingerprint density at radius 3 is 2.24 bits per heavy atom. The lowest BCUT2D eigenvalue weighted by Crippen LogP contribution is -2.58. The lowest BCUT2D eigenvalue weighted by Gasteiger charge is -2.43. The van der Waals surface area contributed by atoms with Gasteiger partial charge in [0.2, 0.25) is 0 Å². The number of anilines is 1. The number of ether oxygens (including phenoxy) is 2. The van der Waals surface area contributed by atoms with E-state index >= 15 is 0 Å². The van der Waals surface area contributed by atoms with Gasteiger partial charge < -0.3 is 14.4 Å². The lowest BCUT2D eigenvalue weighted by molar-refractivity contribution is 0.0818. The molecule has 0 N–H and O–H groups in total. The third-order valence-corrected chi connectivity index (χ3v) is 7.06. The normalized spacial score (nSPS) is 17.2. The molecule has 2 aromatic heterocycles. The summed E-state index contributed by atoms with van der Waals surface area (Å²) in [6, 6.07) is 19.7. The second-order valence-electron chi connectivity index (χ2n) is 9.48. The van der Waals surface area contributed by atoms with Gasteiger partial charge in [0, 0.05) is 47.6 Å². The number of carbonyl (C=O) groups is 1. The first-order chi connectivity index (χ1) is 18.4. The fourth-order valence-electron chi connectivity index (χ4n) is 5.29. The molecule has 3 heterocycles. The van der Waals surface area contributed by atoms with E-state index in [-0.39, 0.29) is 18.2 Å². The molecule has 1 amide bonds. The van der Waals surface area contributed by atoms with Crippen molar-refractivity contribution >= 4 is 22.8 Å². The Hall–Kier alpha value is -4.64. The van der Waals surface area contributed by atoms with Crippen molar-refractivity contribution in [3.05, 3.63) is 72.6 Å². The van der Waals surface area contributed by atoms with E-state index < -0.39 is 0 Å². The smallest absolute Gasteiger partial charge is 0.410 e. The minimum absolute atomic E-state index is 0.00256. The Bertz CT molecular complexity index is 1500. The standard InChI is InChI=1S/C30H29N5O3/c1-19-17-34(18-20(2)35(19)30(36)38-4)27-13-12-23(15-32-27)26-16-33-28-24(6-5-7-25(28)29(26)37-3)22-10-8-21(14-31)9-11-22/h5-13,15-16,19-20H,17-18H2,1-4H3/t19-,20?/m1/s1. The predicted molar refractivity (Wildman–Crippen MR) is 147 cm³/mol. The number of benzene rings is 2. The predicted octanol–water partition coefficient (Wildman–Crippen LogP) is 5.51. The number of para-hydroxylation sites is 1. The third kappa shape index (κ3) is 4.48. The zero-order chi connectivity index (χ0) is 26.8. The molecule has 1 aliphatic rings. The number of nitrogens with zero attached hydrogens (tertiary/aromatic N) is 5. The summed E-state index contributed by atoms with van der Waals surface area (Å²) in [4.78, 5) is 25.7. The maximum atomic E-state index is 12.2. The second kappa shape index (κ2) is 10.4. The molecule has 5 rings (SSSR count). The van der Waals surface area contributed by atoms with Crippen LogP contribution in [0.15, 0.2) is 67.0 Å². The van der Waals surface area contributed by atoms with Gasteiger partial charge in [-0.15, -0.1) is 0 Å². The van der Waals surface area contributed by atoms with Crippen LogP contribution in [0, 0.1) is 11.3 Å². The van der Waals surface area contributed by atoms with Crippen LogP contribution in [0.4, 0.5) is 10.6 Å². The summed E-state index contributed by atoms with van der Waals surface area (Å²) in [6.07, 6.45) is 3.36. The molecule has 1 fully saturated rings. The highest BCUT2D eigenvalue weighted by Crippen LogP contribution is 2.39. The SMILES string of the molecule is COC(=O)N1C(C)CN(c2ccc(-c3cnc4c(-c5ccc(C#N)cc5)cccc4c3OC)cn2)C[C@H]1C. The minimum atomic E-state index is -0.300. The van der Waals surface area contributed by atoms with Gasteiger partial charge in [0.15, 0.2) is 0 Å². The van der Waals surface area contributed by atoms with Crippen LogP contribution in [-0.4, -0.2) is 60.4 Å². The van der Waals surface area contributed by atoms with Crippen molar-refractivity contribution in [3.8, 4) is 34.1 Å². The first kappa shape index (κ1) is 25.0. The molecule has 1 aliphatic heterocycles. The molecule has 2 atom stereocenters. The first-order valence-corrected chi connectivity index (χ1v) is 12.5. The summed E-state index contributed by atoms with van der Waals surface area (Å²) in [5.41, 5.74) is 5.16. The van der Waals surface area contributed by atoms with Crippen molar-refractivity contribution in [2.24, 2.45) is 0 Å². The Morgan fingerprint density at radius 1 is 0.921 bits per heavy atom. The van der Waals surface area contributed by atoms with E-state index in [2.05, 4.69) is 11.0 Å². The molecule has 1 saturated heterocycles. The molecule has 0 aliphatic carbocycles. The number of aromatic nitrogens is 2. The van der Waals surface area contributed by atoms with E-state index in [1.54, 1.807) is 12.0 Å². The molecule has 38 heavy (non-hydrogen) atoms. The summed E-state index contributed by atoms with van der Waals surface area (Å²) >= 11 is 0. The van der Waals surface area contributed by atoms with Crippen LogP contribution in [0.2, 0.25) is 0 Å². The first-order valence-electron chi connectivity index (χ1n) is 12.5. The zero-order valence-electron chi connectivity index (χ0n) is 21.9. The molecule has 2 aromatic carbocycles. The van der Waals surface area contributed by atoms with Crippen LogP contribution in [0.25, 0.3) is 33.2 Å². The van der Waals surface area contributed by atoms with E-state index in [1.807, 2.05) is 80.8 Å². The molecule has 0 bridgehead atoms. The number of rotatable bonds is 4. The Labute approximate surface area is 222 Å². The second-order valence-corrected chi connectivity index (χ2v) is 9.48. The topological polar surface area (TPSA) is 91.6 Å². The molecule has 1 unspecified atom stereocenters. The number of fused-ring (bicyclic) bond motifs is 1. The fourth-order valence-corrected chi connectivity index (χ4v) is 5.29. The number of nitriles is 1. The number of pyridine rings is 2. The van der Waals surface area contributed by atoms with Crippen LogP contribution >= 0.6 is 0 Å². The van der Waals surface area contributed by atoms with Gasteiger partial charge in [-0.2, -0.15) is 5.26 Å². The largest absolute Gasteiger partial charge is 0.495 e. The third-order valence-electron chi connectivity index (χ3n) is 7.06. The van der Waals surface area contributed by atoms with Crippen LogP contribution in [0.1, 0.15) is 19.4 Å². The van der Waals surface area contributed by atoms with Crippen molar-refractivity contribution in [1.82, 2.24) is 14.9 Å². The van der Waals surface area contributed by atoms with Crippen molar-refractivity contribution in [2.75, 3.05) is 32.2 Å². The van der Waals surface area contributed by atoms with Crippen molar-refractivity contribution < 1.29 is 14.3 Å². The van der Waals surface area contributed by atoms with E-state index in [0.29, 0.717) is 18.7 Å². The lowest BCUT2D eigenvalue weighted by atomic mass is 9.98. The van der Waals surface area contributed by atoms with Gasteiger partial charge in [0.1, 0.15) is 11.6 Å². The molecule has 4 aromatic rings. The van der Waals surface area contributed by atoms with Gasteiger partial charge >= 0.3 is 6.09 Å². The highest BCUT2D eigenvalue weighted by Gasteiger charge is 2.34. The van der Waals surface area contributed by atoms with Crippen molar-refractivity contribution in [3.63, 3.8) is 0 Å². The van der Waals surface area contributed by atoms with E-state index in [9.17, 15) is 4.79 Å². The summed E-state index contributed by atoms with van der Waals surface area (Å²) in [7, 11) is 3.08. The molecule has 192 valence electrons. The number of hydrogen-bond acceptors (Lipinski definition) is 7. The van der Waals surface area contributed by atoms with Crippen LogP contribution in [0.3, 0.4) is 0 Å². The Kier molecular flexibility index (Phi) is 6.84. The number of carbonyl (C=O) groups excluding carboxylic acids is 1. The Morgan fingerprint density at radius 2 is 1.63 bits per heavy atom. The molecule has 8 nitrogen and oxygen atoms in total. The summed E-state index contributed by atoms with van der Waals surface area (Å²) < 4.78 is 10.8. The van der Waals surface area contributed by atoms with Crippen LogP contribution < -0.4 is 9.64 Å². The number of piperazine rings is 1. The number of amides is 1. The average molecular weight is 508 g/mol. The van der Waals surface area contributed by atoms with E-state index in [1.165, 1.54) is 7.11 Å². The molecular formula is C30H29N5O3. The van der Waals surface area contributed by atoms with Gasteiger partial charge in [-0.1, -0.05) is 24.3 Å². The molecular weight excluding hydrogens is 478 g/mol. The maximum absolute atomic E-state index is 12.2. The fraction of sp³-hybridized carbons (Fsp3) is 0.267. The molecule has 0 saturated carbocycles. The molecule has 0 radical (unpaired) electrons. The van der Waals surface area contributed by atoms with Crippen molar-refractivity contribution in [1.29, 1.82) is 5.26 Å². The van der Waals surface area contributed by atoms with Crippen molar-refractivity contribution in [2.45, 2.75) is 25.9 Å². The monoisotopic (exact) mass is 507 g/mol. The molecule has 8 heteroatoms. The maximum Gasteiger partial charge on any atom is 0.410 e. The highest BCUT2D eigenvalue weighted by molar-refractivity contribution is 6.00. The van der Waals surface area contributed by atoms with Gasteiger partial charge in [-0.05, 0) is 49.7 Å². The Balaban J connectivity index is 1.45. The van der Waals surface area contributed by atoms with Gasteiger partial charge in [0.25, 0.3) is 0 Å². The summed E-state index contributed by atoms with van der Waals surface area (Å²) in [5, 5.41) is 10.0. The van der Waals surface area contributed by atoms with Crippen LogP contribution in [0.5, 0.6) is 5.75 Å². The van der Waals surface area contributed by atoms with Gasteiger partial charge in [-0.25, -0.2) is 9.78 Å². The summed E-state index contributed by atoms with van der Waals surface area (Å²) in [5.74, 6) is 1.58. The average Bonchev–Trinajstić information content (AvgIpc) is 2.95. The number of hydrogen-bond donors (Lipinski definition) is 0. The summed E-state index contributed by atoms with van der Waals surface area (Å²) in [6.45, 7) is 5.38. The van der Waals surface area contributed by atoms with Crippen LogP contribution in [-0.2, 0) is 4.74 Å². The van der Waals surface area contributed by atoms with Gasteiger partial charge in [0.05, 0.1) is 43.5 Å². The quantitative estimate of drug-likeness (QED) is 0.360. The highest BCUT2D eigenvalue weighted by atomic mass is 16.5.